The van der Waals surface area contributed by atoms with Crippen molar-refractivity contribution in [1.82, 2.24) is 14.5 Å². The van der Waals surface area contributed by atoms with E-state index in [1.807, 2.05) is 19.9 Å². The number of benzene rings is 1. The minimum absolute atomic E-state index is 0.257. The van der Waals surface area contributed by atoms with Crippen LogP contribution in [-0.2, 0) is 10.0 Å². The summed E-state index contributed by atoms with van der Waals surface area (Å²) in [6, 6.07) is 8.56. The second-order valence-corrected chi connectivity index (χ2v) is 8.34. The molecule has 0 aliphatic carbocycles. The topological polar surface area (TPSA) is 81.6 Å². The van der Waals surface area contributed by atoms with Crippen LogP contribution in [0.4, 0.5) is 0 Å². The molecule has 0 amide bonds. The van der Waals surface area contributed by atoms with E-state index in [0.717, 1.165) is 24.0 Å². The van der Waals surface area contributed by atoms with Gasteiger partial charge in [-0.15, -0.1) is 10.2 Å². The molecule has 140 valence electrons. The molecule has 2 heterocycles. The van der Waals surface area contributed by atoms with Crippen LogP contribution in [0.3, 0.4) is 0 Å². The molecule has 3 rings (SSSR count). The summed E-state index contributed by atoms with van der Waals surface area (Å²) < 4.78 is 38.2. The van der Waals surface area contributed by atoms with E-state index in [1.54, 1.807) is 24.3 Å². The standard InChI is InChI=1S/C18H23N3O4S/c1-13-6-7-16(11-14(13)2)26(22,23)21-10-4-5-15(12-21)25-18-9-8-17(24-3)19-20-18/h6-9,11,15H,4-5,10,12H2,1-3H3. The van der Waals surface area contributed by atoms with Gasteiger partial charge in [-0.2, -0.15) is 4.31 Å². The van der Waals surface area contributed by atoms with E-state index in [4.69, 9.17) is 9.47 Å². The van der Waals surface area contributed by atoms with Crippen molar-refractivity contribution in [3.8, 4) is 11.8 Å². The quantitative estimate of drug-likeness (QED) is 0.795. The van der Waals surface area contributed by atoms with Gasteiger partial charge >= 0.3 is 0 Å². The first kappa shape index (κ1) is 18.6. The maximum Gasteiger partial charge on any atom is 0.243 e. The van der Waals surface area contributed by atoms with E-state index in [1.165, 1.54) is 11.4 Å². The molecule has 1 unspecified atom stereocenters. The van der Waals surface area contributed by atoms with E-state index in [9.17, 15) is 8.42 Å². The monoisotopic (exact) mass is 377 g/mol. The van der Waals surface area contributed by atoms with Gasteiger partial charge in [0.2, 0.25) is 21.8 Å². The first-order valence-electron chi connectivity index (χ1n) is 8.52. The first-order valence-corrected chi connectivity index (χ1v) is 9.96. The van der Waals surface area contributed by atoms with Gasteiger partial charge in [-0.1, -0.05) is 6.07 Å². The van der Waals surface area contributed by atoms with Crippen molar-refractivity contribution in [3.63, 3.8) is 0 Å². The molecule has 26 heavy (non-hydrogen) atoms. The molecule has 1 aliphatic rings. The van der Waals surface area contributed by atoms with E-state index in [-0.39, 0.29) is 6.10 Å². The molecular formula is C18H23N3O4S. The van der Waals surface area contributed by atoms with Gasteiger partial charge in [-0.25, -0.2) is 8.42 Å². The maximum atomic E-state index is 13.0. The molecule has 0 radical (unpaired) electrons. The van der Waals surface area contributed by atoms with Crippen LogP contribution in [0.25, 0.3) is 0 Å². The summed E-state index contributed by atoms with van der Waals surface area (Å²) in [4.78, 5) is 0.325. The number of rotatable bonds is 5. The molecule has 0 N–H and O–H groups in total. The van der Waals surface area contributed by atoms with Crippen molar-refractivity contribution in [2.45, 2.75) is 37.7 Å². The molecule has 1 aliphatic heterocycles. The van der Waals surface area contributed by atoms with E-state index in [2.05, 4.69) is 10.2 Å². The lowest BCUT2D eigenvalue weighted by atomic mass is 10.1. The van der Waals surface area contributed by atoms with E-state index in [0.29, 0.717) is 29.7 Å². The lowest BCUT2D eigenvalue weighted by Gasteiger charge is -2.31. The summed E-state index contributed by atoms with van der Waals surface area (Å²) >= 11 is 0. The number of ether oxygens (including phenoxy) is 2. The average molecular weight is 377 g/mol. The molecular weight excluding hydrogens is 354 g/mol. The smallest absolute Gasteiger partial charge is 0.243 e. The summed E-state index contributed by atoms with van der Waals surface area (Å²) in [5.74, 6) is 0.765. The largest absolute Gasteiger partial charge is 0.480 e. The summed E-state index contributed by atoms with van der Waals surface area (Å²) in [5, 5.41) is 7.81. The third kappa shape index (κ3) is 3.96. The average Bonchev–Trinajstić information content (AvgIpc) is 2.65. The van der Waals surface area contributed by atoms with Crippen LogP contribution in [0.5, 0.6) is 11.8 Å². The van der Waals surface area contributed by atoms with Gasteiger partial charge in [-0.05, 0) is 49.9 Å². The number of aromatic nitrogens is 2. The number of piperidine rings is 1. The fourth-order valence-electron chi connectivity index (χ4n) is 2.89. The van der Waals surface area contributed by atoms with Crippen LogP contribution in [0.15, 0.2) is 35.2 Å². The van der Waals surface area contributed by atoms with Gasteiger partial charge in [0.05, 0.1) is 18.6 Å². The van der Waals surface area contributed by atoms with Crippen molar-refractivity contribution in [3.05, 3.63) is 41.5 Å². The lowest BCUT2D eigenvalue weighted by molar-refractivity contribution is 0.123. The minimum atomic E-state index is -3.54. The van der Waals surface area contributed by atoms with Gasteiger partial charge in [-0.3, -0.25) is 0 Å². The van der Waals surface area contributed by atoms with Gasteiger partial charge in [0.15, 0.2) is 0 Å². The molecule has 8 heteroatoms. The fraction of sp³-hybridized carbons (Fsp3) is 0.444. The van der Waals surface area contributed by atoms with Crippen LogP contribution in [0.1, 0.15) is 24.0 Å². The zero-order chi connectivity index (χ0) is 18.7. The number of sulfonamides is 1. The molecule has 0 spiro atoms. The summed E-state index contributed by atoms with van der Waals surface area (Å²) in [5.41, 5.74) is 2.03. The number of hydrogen-bond donors (Lipinski definition) is 0. The Labute approximate surface area is 154 Å². The Morgan fingerprint density at radius 1 is 1.08 bits per heavy atom. The molecule has 1 aromatic heterocycles. The number of aryl methyl sites for hydroxylation is 2. The minimum Gasteiger partial charge on any atom is -0.480 e. The Balaban J connectivity index is 1.73. The van der Waals surface area contributed by atoms with Gasteiger partial charge < -0.3 is 9.47 Å². The number of nitrogens with zero attached hydrogens (tertiary/aromatic N) is 3. The molecule has 7 nitrogen and oxygen atoms in total. The van der Waals surface area contributed by atoms with Crippen molar-refractivity contribution in [2.75, 3.05) is 20.2 Å². The van der Waals surface area contributed by atoms with Gasteiger partial charge in [0.25, 0.3) is 0 Å². The number of methoxy groups -OCH3 is 1. The fourth-order valence-corrected chi connectivity index (χ4v) is 4.49. The molecule has 1 aromatic carbocycles. The molecule has 0 bridgehead atoms. The molecule has 2 aromatic rings. The van der Waals surface area contributed by atoms with E-state index < -0.39 is 10.0 Å². The zero-order valence-corrected chi connectivity index (χ0v) is 16.0. The Hall–Kier alpha value is -2.19. The van der Waals surface area contributed by atoms with Crippen molar-refractivity contribution in [2.24, 2.45) is 0 Å². The molecule has 1 saturated heterocycles. The molecule has 1 atom stereocenters. The maximum absolute atomic E-state index is 13.0. The normalized spacial score (nSPS) is 18.5. The Bertz CT molecular complexity index is 869. The molecule has 1 fully saturated rings. The van der Waals surface area contributed by atoms with Crippen molar-refractivity contribution in [1.29, 1.82) is 0 Å². The highest BCUT2D eigenvalue weighted by Gasteiger charge is 2.31. The Morgan fingerprint density at radius 3 is 2.46 bits per heavy atom. The van der Waals surface area contributed by atoms with Crippen molar-refractivity contribution >= 4 is 10.0 Å². The van der Waals surface area contributed by atoms with E-state index >= 15 is 0 Å². The predicted octanol–water partition coefficient (Wildman–Crippen LogP) is 2.33. The highest BCUT2D eigenvalue weighted by Crippen LogP contribution is 2.24. The number of hydrogen-bond acceptors (Lipinski definition) is 6. The second kappa shape index (κ2) is 7.59. The summed E-state index contributed by atoms with van der Waals surface area (Å²) in [6.45, 7) is 4.66. The lowest BCUT2D eigenvalue weighted by Crippen LogP contribution is -2.44. The Kier molecular flexibility index (Phi) is 5.43. The highest BCUT2D eigenvalue weighted by molar-refractivity contribution is 7.89. The summed E-state index contributed by atoms with van der Waals surface area (Å²) in [6.07, 6.45) is 1.25. The van der Waals surface area contributed by atoms with Gasteiger partial charge in [0, 0.05) is 18.7 Å². The van der Waals surface area contributed by atoms with Crippen LogP contribution in [0.2, 0.25) is 0 Å². The van der Waals surface area contributed by atoms with Crippen LogP contribution < -0.4 is 9.47 Å². The third-order valence-corrected chi connectivity index (χ3v) is 6.43. The summed E-state index contributed by atoms with van der Waals surface area (Å²) in [7, 11) is -2.02. The van der Waals surface area contributed by atoms with Crippen LogP contribution in [-0.4, -0.2) is 49.2 Å². The zero-order valence-electron chi connectivity index (χ0n) is 15.2. The highest BCUT2D eigenvalue weighted by atomic mass is 32.2. The van der Waals surface area contributed by atoms with Crippen LogP contribution in [0, 0.1) is 13.8 Å². The molecule has 0 saturated carbocycles. The second-order valence-electron chi connectivity index (χ2n) is 6.41. The van der Waals surface area contributed by atoms with Gasteiger partial charge in [0.1, 0.15) is 6.10 Å². The third-order valence-electron chi connectivity index (χ3n) is 4.57. The first-order chi connectivity index (χ1) is 12.4. The Morgan fingerprint density at radius 2 is 1.81 bits per heavy atom. The van der Waals surface area contributed by atoms with Crippen molar-refractivity contribution < 1.29 is 17.9 Å². The predicted molar refractivity (Wildman–Crippen MR) is 96.9 cm³/mol. The SMILES string of the molecule is COc1ccc(OC2CCCN(S(=O)(=O)c3ccc(C)c(C)c3)C2)nn1. The van der Waals surface area contributed by atoms with Crippen LogP contribution >= 0.6 is 0 Å².